The molecule has 2 heterocycles. The summed E-state index contributed by atoms with van der Waals surface area (Å²) in [6.07, 6.45) is 6.34. The molecule has 0 radical (unpaired) electrons. The Labute approximate surface area is 233 Å². The summed E-state index contributed by atoms with van der Waals surface area (Å²) in [5, 5.41) is 3.27. The Bertz CT molecular complexity index is 1110. The van der Waals surface area contributed by atoms with Gasteiger partial charge < -0.3 is 24.8 Å². The normalized spacial score (nSPS) is 22.9. The highest BCUT2D eigenvalue weighted by molar-refractivity contribution is 6.01. The third-order valence-electron chi connectivity index (χ3n) is 8.95. The fourth-order valence-corrected chi connectivity index (χ4v) is 6.70. The van der Waals surface area contributed by atoms with Crippen molar-refractivity contribution < 1.29 is 14.3 Å². The van der Waals surface area contributed by atoms with Crippen LogP contribution in [0.1, 0.15) is 78.9 Å². The van der Waals surface area contributed by atoms with Crippen LogP contribution >= 0.6 is 0 Å². The molecule has 2 aliphatic heterocycles. The molecule has 1 saturated carbocycles. The van der Waals surface area contributed by atoms with Gasteiger partial charge in [0, 0.05) is 44.3 Å². The van der Waals surface area contributed by atoms with E-state index < -0.39 is 5.92 Å². The lowest BCUT2D eigenvalue weighted by Crippen LogP contribution is -2.52. The number of benzene rings is 2. The number of carbonyl (C=O) groups is 2. The number of ether oxygens (including phenoxy) is 1. The van der Waals surface area contributed by atoms with Crippen molar-refractivity contribution >= 4 is 11.8 Å². The number of nitrogens with zero attached hydrogens (tertiary/aromatic N) is 3. The number of rotatable bonds is 9. The van der Waals surface area contributed by atoms with Crippen LogP contribution in [-0.4, -0.2) is 85.5 Å². The summed E-state index contributed by atoms with van der Waals surface area (Å²) < 4.78 is 5.41. The quantitative estimate of drug-likeness (QED) is 0.484. The number of hydrogen-bond acceptors (Lipinski definition) is 5. The monoisotopic (exact) mass is 532 g/mol. The third kappa shape index (κ3) is 6.15. The lowest BCUT2D eigenvalue weighted by molar-refractivity contribution is -0.124. The molecule has 0 spiro atoms. The second kappa shape index (κ2) is 13.0. The zero-order valence-electron chi connectivity index (χ0n) is 23.6. The minimum absolute atomic E-state index is 0.00683. The van der Waals surface area contributed by atoms with E-state index in [9.17, 15) is 9.59 Å². The van der Waals surface area contributed by atoms with E-state index in [4.69, 9.17) is 4.74 Å². The molecular weight excluding hydrogens is 488 g/mol. The Kier molecular flexibility index (Phi) is 9.20. The van der Waals surface area contributed by atoms with Gasteiger partial charge in [-0.2, -0.15) is 0 Å². The minimum Gasteiger partial charge on any atom is -0.497 e. The van der Waals surface area contributed by atoms with Gasteiger partial charge in [0.05, 0.1) is 19.1 Å². The van der Waals surface area contributed by atoms with E-state index in [1.54, 1.807) is 7.11 Å². The van der Waals surface area contributed by atoms with Crippen molar-refractivity contribution in [2.24, 2.45) is 0 Å². The Morgan fingerprint density at radius 3 is 2.33 bits per heavy atom. The van der Waals surface area contributed by atoms with Crippen LogP contribution in [0, 0.1) is 0 Å². The largest absolute Gasteiger partial charge is 0.497 e. The van der Waals surface area contributed by atoms with E-state index in [1.807, 2.05) is 48.5 Å². The zero-order chi connectivity index (χ0) is 27.2. The van der Waals surface area contributed by atoms with E-state index in [-0.39, 0.29) is 23.9 Å². The summed E-state index contributed by atoms with van der Waals surface area (Å²) in [7, 11) is 1.66. The van der Waals surface area contributed by atoms with Gasteiger partial charge in [-0.3, -0.25) is 9.59 Å². The number of fused-ring (bicyclic) bond motifs is 1. The Hall–Kier alpha value is -2.90. The average Bonchev–Trinajstić information content (AvgIpc) is 3.00. The van der Waals surface area contributed by atoms with Crippen LogP contribution in [-0.2, 0) is 4.79 Å². The highest BCUT2D eigenvalue weighted by Gasteiger charge is 2.46. The lowest BCUT2D eigenvalue weighted by Gasteiger charge is -2.46. The van der Waals surface area contributed by atoms with E-state index in [0.29, 0.717) is 12.1 Å². The molecule has 0 bridgehead atoms. The molecule has 2 aromatic carbocycles. The van der Waals surface area contributed by atoms with Crippen LogP contribution in [0.3, 0.4) is 0 Å². The number of likely N-dealkylation sites (N-methyl/N-ethyl adjacent to an activating group) is 1. The van der Waals surface area contributed by atoms with Crippen LogP contribution in [0.5, 0.6) is 5.75 Å². The summed E-state index contributed by atoms with van der Waals surface area (Å²) in [5.74, 6) is 0.370. The molecule has 5 rings (SSSR count). The molecule has 3 aliphatic rings. The number of carbonyl (C=O) groups excluding carboxylic acids is 2. The van der Waals surface area contributed by atoms with Crippen molar-refractivity contribution in [3.8, 4) is 5.75 Å². The van der Waals surface area contributed by atoms with Gasteiger partial charge in [-0.05, 0) is 61.7 Å². The molecule has 2 aromatic rings. The zero-order valence-corrected chi connectivity index (χ0v) is 23.6. The van der Waals surface area contributed by atoms with Gasteiger partial charge in [0.25, 0.3) is 5.91 Å². The van der Waals surface area contributed by atoms with Crippen LogP contribution in [0.4, 0.5) is 0 Å². The number of methoxy groups -OCH3 is 1. The predicted molar refractivity (Wildman–Crippen MR) is 154 cm³/mol. The van der Waals surface area contributed by atoms with Crippen molar-refractivity contribution in [1.82, 2.24) is 20.0 Å². The first-order chi connectivity index (χ1) is 19.1. The van der Waals surface area contributed by atoms with Gasteiger partial charge in [0.1, 0.15) is 5.75 Å². The van der Waals surface area contributed by atoms with Crippen molar-refractivity contribution in [2.45, 2.75) is 63.5 Å². The lowest BCUT2D eigenvalue weighted by atomic mass is 9.77. The molecule has 7 nitrogen and oxygen atoms in total. The molecule has 0 unspecified atom stereocenters. The van der Waals surface area contributed by atoms with Crippen molar-refractivity contribution in [3.63, 3.8) is 0 Å². The SMILES string of the molecule is CCN1CCN(CCCNC(=O)[C@@H]2c3ccccc3C(=O)N(C3CCCCC3)[C@H]2c2ccc(OC)cc2)CC1. The standard InChI is InChI=1S/C32H44N4O3/c1-3-34-20-22-35(23-21-34)19-9-18-33-31(37)29-27-12-7-8-13-28(27)32(38)36(25-10-5-4-6-11-25)30(29)24-14-16-26(39-2)17-15-24/h7-8,12-17,25,29-30H,3-6,9-11,18-23H2,1-2H3,(H,33,37)/t29-,30+/m1/s1. The van der Waals surface area contributed by atoms with E-state index in [1.165, 1.54) is 6.42 Å². The van der Waals surface area contributed by atoms with Gasteiger partial charge in [-0.15, -0.1) is 0 Å². The molecule has 1 saturated heterocycles. The molecule has 2 fully saturated rings. The van der Waals surface area contributed by atoms with Crippen LogP contribution in [0.25, 0.3) is 0 Å². The molecule has 2 amide bonds. The minimum atomic E-state index is -0.456. The van der Waals surface area contributed by atoms with E-state index in [2.05, 4.69) is 26.9 Å². The molecule has 7 heteroatoms. The summed E-state index contributed by atoms with van der Waals surface area (Å²) >= 11 is 0. The molecule has 1 N–H and O–H groups in total. The number of nitrogens with one attached hydrogen (secondary N) is 1. The first-order valence-corrected chi connectivity index (χ1v) is 14.9. The highest BCUT2D eigenvalue weighted by atomic mass is 16.5. The van der Waals surface area contributed by atoms with Gasteiger partial charge >= 0.3 is 0 Å². The maximum atomic E-state index is 14.0. The van der Waals surface area contributed by atoms with Gasteiger partial charge in [-0.25, -0.2) is 0 Å². The van der Waals surface area contributed by atoms with Crippen LogP contribution in [0.2, 0.25) is 0 Å². The summed E-state index contributed by atoms with van der Waals surface area (Å²) in [6, 6.07) is 15.5. The van der Waals surface area contributed by atoms with Gasteiger partial charge in [-0.1, -0.05) is 56.5 Å². The summed E-state index contributed by atoms with van der Waals surface area (Å²) in [6.45, 7) is 9.39. The fourth-order valence-electron chi connectivity index (χ4n) is 6.70. The molecular formula is C32H44N4O3. The number of amides is 2. The topological polar surface area (TPSA) is 65.1 Å². The second-order valence-corrected chi connectivity index (χ2v) is 11.2. The number of hydrogen-bond donors (Lipinski definition) is 1. The Morgan fingerprint density at radius 2 is 1.64 bits per heavy atom. The van der Waals surface area contributed by atoms with Crippen molar-refractivity contribution in [1.29, 1.82) is 0 Å². The molecule has 2 atom stereocenters. The van der Waals surface area contributed by atoms with E-state index in [0.717, 1.165) is 88.2 Å². The fraction of sp³-hybridized carbons (Fsp3) is 0.562. The third-order valence-corrected chi connectivity index (χ3v) is 8.95. The summed E-state index contributed by atoms with van der Waals surface area (Å²) in [5.41, 5.74) is 2.49. The molecule has 39 heavy (non-hydrogen) atoms. The first kappa shape index (κ1) is 27.7. The summed E-state index contributed by atoms with van der Waals surface area (Å²) in [4.78, 5) is 35.1. The van der Waals surface area contributed by atoms with Crippen molar-refractivity contribution in [2.75, 3.05) is 52.9 Å². The molecule has 0 aromatic heterocycles. The van der Waals surface area contributed by atoms with Crippen LogP contribution in [0.15, 0.2) is 48.5 Å². The van der Waals surface area contributed by atoms with E-state index >= 15 is 0 Å². The Morgan fingerprint density at radius 1 is 0.949 bits per heavy atom. The first-order valence-electron chi connectivity index (χ1n) is 14.9. The van der Waals surface area contributed by atoms with Gasteiger partial charge in [0.2, 0.25) is 5.91 Å². The molecule has 1 aliphatic carbocycles. The predicted octanol–water partition coefficient (Wildman–Crippen LogP) is 4.45. The maximum absolute atomic E-state index is 14.0. The number of piperazine rings is 1. The second-order valence-electron chi connectivity index (χ2n) is 11.2. The van der Waals surface area contributed by atoms with Crippen molar-refractivity contribution in [3.05, 3.63) is 65.2 Å². The van der Waals surface area contributed by atoms with Crippen LogP contribution < -0.4 is 10.1 Å². The average molecular weight is 533 g/mol. The Balaban J connectivity index is 1.38. The molecule has 210 valence electrons. The maximum Gasteiger partial charge on any atom is 0.254 e. The smallest absolute Gasteiger partial charge is 0.254 e. The highest BCUT2D eigenvalue weighted by Crippen LogP contribution is 2.46. The van der Waals surface area contributed by atoms with Gasteiger partial charge in [0.15, 0.2) is 0 Å².